The first-order chi connectivity index (χ1) is 9.16. The fourth-order valence-corrected chi connectivity index (χ4v) is 2.55. The van der Waals surface area contributed by atoms with Gasteiger partial charge < -0.3 is 10.0 Å². The molecule has 0 spiro atoms. The average Bonchev–Trinajstić information content (AvgIpc) is 2.67. The Morgan fingerprint density at radius 2 is 1.74 bits per heavy atom. The number of aliphatic hydroxyl groups excluding tert-OH is 1. The number of likely N-dealkylation sites (tertiary alicyclic amines) is 1. The lowest BCUT2D eigenvalue weighted by Crippen LogP contribution is -2.26. The molecule has 1 fully saturated rings. The predicted octanol–water partition coefficient (Wildman–Crippen LogP) is 3.26. The number of nitrogens with zero attached hydrogens (tertiary/aromatic N) is 1. The van der Waals surface area contributed by atoms with Crippen LogP contribution in [0.3, 0.4) is 0 Å². The first-order valence-electron chi connectivity index (χ1n) is 7.02. The molecule has 1 saturated heterocycles. The van der Waals surface area contributed by atoms with E-state index in [2.05, 4.69) is 4.90 Å². The van der Waals surface area contributed by atoms with Crippen molar-refractivity contribution in [2.24, 2.45) is 0 Å². The second-order valence-electron chi connectivity index (χ2n) is 5.23. The van der Waals surface area contributed by atoms with Crippen molar-refractivity contribution in [3.8, 4) is 0 Å². The van der Waals surface area contributed by atoms with Crippen LogP contribution in [-0.4, -0.2) is 29.6 Å². The standard InChI is InChI=1S/C15H21F2NO/c16-13-6-5-12(11-14(13)17)15(19)7-10-18-8-3-1-2-4-9-18/h5-6,11,15,19H,1-4,7-10H2. The summed E-state index contributed by atoms with van der Waals surface area (Å²) < 4.78 is 25.9. The molecule has 19 heavy (non-hydrogen) atoms. The summed E-state index contributed by atoms with van der Waals surface area (Å²) in [6.45, 7) is 2.95. The minimum absolute atomic E-state index is 0.453. The summed E-state index contributed by atoms with van der Waals surface area (Å²) in [5.74, 6) is -1.77. The van der Waals surface area contributed by atoms with Crippen molar-refractivity contribution in [3.05, 3.63) is 35.4 Å². The van der Waals surface area contributed by atoms with Crippen molar-refractivity contribution in [1.82, 2.24) is 4.90 Å². The van der Waals surface area contributed by atoms with E-state index >= 15 is 0 Å². The highest BCUT2D eigenvalue weighted by atomic mass is 19.2. The van der Waals surface area contributed by atoms with Gasteiger partial charge in [0.15, 0.2) is 11.6 Å². The maximum Gasteiger partial charge on any atom is 0.159 e. The molecule has 1 heterocycles. The molecule has 0 bridgehead atoms. The van der Waals surface area contributed by atoms with E-state index in [0.29, 0.717) is 12.0 Å². The van der Waals surface area contributed by atoms with Crippen LogP contribution in [0.25, 0.3) is 0 Å². The van der Waals surface area contributed by atoms with Crippen LogP contribution in [0.5, 0.6) is 0 Å². The van der Waals surface area contributed by atoms with Gasteiger partial charge in [0.1, 0.15) is 0 Å². The van der Waals surface area contributed by atoms with Gasteiger partial charge in [-0.25, -0.2) is 8.78 Å². The molecule has 2 rings (SSSR count). The Morgan fingerprint density at radius 1 is 1.05 bits per heavy atom. The van der Waals surface area contributed by atoms with Crippen LogP contribution in [-0.2, 0) is 0 Å². The topological polar surface area (TPSA) is 23.5 Å². The molecule has 0 aliphatic carbocycles. The molecule has 106 valence electrons. The van der Waals surface area contributed by atoms with Gasteiger partial charge in [-0.15, -0.1) is 0 Å². The number of benzene rings is 1. The van der Waals surface area contributed by atoms with Crippen molar-refractivity contribution in [3.63, 3.8) is 0 Å². The molecule has 1 aliphatic heterocycles. The van der Waals surface area contributed by atoms with Gasteiger partial charge in [0, 0.05) is 6.54 Å². The van der Waals surface area contributed by atoms with E-state index in [9.17, 15) is 13.9 Å². The Labute approximate surface area is 113 Å². The molecule has 1 aliphatic rings. The van der Waals surface area contributed by atoms with Crippen LogP contribution < -0.4 is 0 Å². The number of halogens is 2. The van der Waals surface area contributed by atoms with Crippen molar-refractivity contribution in [1.29, 1.82) is 0 Å². The zero-order valence-corrected chi connectivity index (χ0v) is 11.1. The summed E-state index contributed by atoms with van der Waals surface area (Å²) in [4.78, 5) is 2.34. The minimum Gasteiger partial charge on any atom is -0.388 e. The van der Waals surface area contributed by atoms with Gasteiger partial charge in [0.2, 0.25) is 0 Å². The largest absolute Gasteiger partial charge is 0.388 e. The van der Waals surface area contributed by atoms with Gasteiger partial charge in [0.25, 0.3) is 0 Å². The van der Waals surface area contributed by atoms with E-state index in [4.69, 9.17) is 0 Å². The monoisotopic (exact) mass is 269 g/mol. The molecule has 0 saturated carbocycles. The third kappa shape index (κ3) is 4.25. The number of hydrogen-bond donors (Lipinski definition) is 1. The first-order valence-corrected chi connectivity index (χ1v) is 7.02. The van der Waals surface area contributed by atoms with Gasteiger partial charge in [-0.1, -0.05) is 18.9 Å². The van der Waals surface area contributed by atoms with Crippen molar-refractivity contribution in [2.45, 2.75) is 38.2 Å². The van der Waals surface area contributed by atoms with Crippen LogP contribution in [0.2, 0.25) is 0 Å². The van der Waals surface area contributed by atoms with Gasteiger partial charge in [-0.3, -0.25) is 0 Å². The van der Waals surface area contributed by atoms with Crippen LogP contribution in [0.1, 0.15) is 43.8 Å². The zero-order valence-electron chi connectivity index (χ0n) is 11.1. The van der Waals surface area contributed by atoms with E-state index < -0.39 is 17.7 Å². The molecule has 0 radical (unpaired) electrons. The molecule has 1 N–H and O–H groups in total. The lowest BCUT2D eigenvalue weighted by Gasteiger charge is -2.21. The summed E-state index contributed by atoms with van der Waals surface area (Å²) in [6.07, 6.45) is 4.82. The Kier molecular flexibility index (Phi) is 5.28. The summed E-state index contributed by atoms with van der Waals surface area (Å²) >= 11 is 0. The zero-order chi connectivity index (χ0) is 13.7. The Bertz CT molecular complexity index is 403. The van der Waals surface area contributed by atoms with E-state index in [1.54, 1.807) is 0 Å². The Morgan fingerprint density at radius 3 is 2.37 bits per heavy atom. The summed E-state index contributed by atoms with van der Waals surface area (Å²) in [5.41, 5.74) is 0.453. The van der Waals surface area contributed by atoms with Crippen molar-refractivity contribution < 1.29 is 13.9 Å². The lowest BCUT2D eigenvalue weighted by atomic mass is 10.1. The van der Waals surface area contributed by atoms with Gasteiger partial charge in [-0.2, -0.15) is 0 Å². The van der Waals surface area contributed by atoms with E-state index in [0.717, 1.165) is 31.8 Å². The quantitative estimate of drug-likeness (QED) is 0.907. The molecule has 1 aromatic rings. The summed E-state index contributed by atoms with van der Waals surface area (Å²) in [7, 11) is 0. The Balaban J connectivity index is 1.85. The predicted molar refractivity (Wildman–Crippen MR) is 70.8 cm³/mol. The molecule has 4 heteroatoms. The summed E-state index contributed by atoms with van der Waals surface area (Å²) in [6, 6.07) is 3.60. The second-order valence-corrected chi connectivity index (χ2v) is 5.23. The fourth-order valence-electron chi connectivity index (χ4n) is 2.55. The molecular formula is C15H21F2NO. The third-order valence-corrected chi connectivity index (χ3v) is 3.75. The summed E-state index contributed by atoms with van der Waals surface area (Å²) in [5, 5.41) is 10.0. The fraction of sp³-hybridized carbons (Fsp3) is 0.600. The minimum atomic E-state index is -0.897. The van der Waals surface area contributed by atoms with Gasteiger partial charge in [0.05, 0.1) is 6.10 Å². The average molecular weight is 269 g/mol. The van der Waals surface area contributed by atoms with Gasteiger partial charge in [-0.05, 0) is 50.0 Å². The number of rotatable bonds is 4. The maximum absolute atomic E-state index is 13.1. The highest BCUT2D eigenvalue weighted by Gasteiger charge is 2.14. The van der Waals surface area contributed by atoms with Crippen LogP contribution in [0.15, 0.2) is 18.2 Å². The van der Waals surface area contributed by atoms with E-state index in [-0.39, 0.29) is 0 Å². The van der Waals surface area contributed by atoms with Gasteiger partial charge >= 0.3 is 0 Å². The normalized spacial score (nSPS) is 19.1. The van der Waals surface area contributed by atoms with Crippen LogP contribution >= 0.6 is 0 Å². The molecule has 0 amide bonds. The molecule has 1 unspecified atom stereocenters. The molecule has 0 aromatic heterocycles. The van der Waals surface area contributed by atoms with E-state index in [1.807, 2.05) is 0 Å². The highest BCUT2D eigenvalue weighted by Crippen LogP contribution is 2.20. The van der Waals surface area contributed by atoms with Crippen molar-refractivity contribution in [2.75, 3.05) is 19.6 Å². The maximum atomic E-state index is 13.1. The third-order valence-electron chi connectivity index (χ3n) is 3.75. The molecular weight excluding hydrogens is 248 g/mol. The molecule has 1 atom stereocenters. The Hall–Kier alpha value is -1.00. The van der Waals surface area contributed by atoms with E-state index in [1.165, 1.54) is 31.7 Å². The van der Waals surface area contributed by atoms with Crippen LogP contribution in [0, 0.1) is 11.6 Å². The highest BCUT2D eigenvalue weighted by molar-refractivity contribution is 5.19. The first kappa shape index (κ1) is 14.4. The molecule has 1 aromatic carbocycles. The second kappa shape index (κ2) is 6.96. The smallest absolute Gasteiger partial charge is 0.159 e. The number of hydrogen-bond acceptors (Lipinski definition) is 2. The molecule has 2 nitrogen and oxygen atoms in total. The van der Waals surface area contributed by atoms with Crippen LogP contribution in [0.4, 0.5) is 8.78 Å². The number of aliphatic hydroxyl groups is 1. The van der Waals surface area contributed by atoms with Crippen molar-refractivity contribution >= 4 is 0 Å². The lowest BCUT2D eigenvalue weighted by molar-refractivity contribution is 0.142. The SMILES string of the molecule is OC(CCN1CCCCCC1)c1ccc(F)c(F)c1.